The average Bonchev–Trinajstić information content (AvgIpc) is 2.98. The van der Waals surface area contributed by atoms with Crippen LogP contribution in [0.15, 0.2) is 29.8 Å². The molecule has 0 unspecified atom stereocenters. The summed E-state index contributed by atoms with van der Waals surface area (Å²) in [6, 6.07) is 5.15. The SMILES string of the molecule is O=C(c1ccc2c(c1)OCO2)c1nccs1. The van der Waals surface area contributed by atoms with Crippen molar-refractivity contribution in [3.05, 3.63) is 40.3 Å². The summed E-state index contributed by atoms with van der Waals surface area (Å²) in [5, 5.41) is 2.26. The normalized spacial score (nSPS) is 12.8. The molecule has 0 bridgehead atoms. The topological polar surface area (TPSA) is 48.4 Å². The zero-order valence-corrected chi connectivity index (χ0v) is 8.99. The number of aromatic nitrogens is 1. The number of hydrogen-bond acceptors (Lipinski definition) is 5. The monoisotopic (exact) mass is 233 g/mol. The van der Waals surface area contributed by atoms with E-state index in [1.54, 1.807) is 29.8 Å². The Hall–Kier alpha value is -1.88. The van der Waals surface area contributed by atoms with Gasteiger partial charge in [-0.15, -0.1) is 11.3 Å². The molecule has 5 heteroatoms. The van der Waals surface area contributed by atoms with E-state index in [9.17, 15) is 4.79 Å². The summed E-state index contributed by atoms with van der Waals surface area (Å²) < 4.78 is 10.4. The lowest BCUT2D eigenvalue weighted by atomic mass is 10.1. The third-order valence-corrected chi connectivity index (χ3v) is 3.03. The molecule has 16 heavy (non-hydrogen) atoms. The van der Waals surface area contributed by atoms with E-state index in [2.05, 4.69) is 4.98 Å². The molecular weight excluding hydrogens is 226 g/mol. The Balaban J connectivity index is 1.99. The number of carbonyl (C=O) groups is 1. The maximum Gasteiger partial charge on any atom is 0.231 e. The lowest BCUT2D eigenvalue weighted by Crippen LogP contribution is -2.00. The van der Waals surface area contributed by atoms with Crippen LogP contribution in [0.2, 0.25) is 0 Å². The fourth-order valence-corrected chi connectivity index (χ4v) is 2.09. The first-order valence-corrected chi connectivity index (χ1v) is 5.56. The first-order chi connectivity index (χ1) is 7.84. The molecule has 0 radical (unpaired) electrons. The lowest BCUT2D eigenvalue weighted by molar-refractivity contribution is 0.103. The van der Waals surface area contributed by atoms with Crippen molar-refractivity contribution < 1.29 is 14.3 Å². The fourth-order valence-electron chi connectivity index (χ4n) is 1.50. The summed E-state index contributed by atoms with van der Waals surface area (Å²) in [6.45, 7) is 0.213. The summed E-state index contributed by atoms with van der Waals surface area (Å²) in [4.78, 5) is 15.9. The fraction of sp³-hybridized carbons (Fsp3) is 0.0909. The second-order valence-electron chi connectivity index (χ2n) is 3.23. The van der Waals surface area contributed by atoms with Crippen molar-refractivity contribution in [1.29, 1.82) is 0 Å². The van der Waals surface area contributed by atoms with Crippen LogP contribution in [0.1, 0.15) is 15.4 Å². The molecule has 2 aromatic rings. The smallest absolute Gasteiger partial charge is 0.231 e. The largest absolute Gasteiger partial charge is 0.454 e. The van der Waals surface area contributed by atoms with Gasteiger partial charge in [0.15, 0.2) is 16.5 Å². The summed E-state index contributed by atoms with van der Waals surface area (Å²) in [5.74, 6) is 1.20. The molecule has 1 aliphatic heterocycles. The molecule has 0 saturated heterocycles. The third kappa shape index (κ3) is 1.45. The maximum absolute atomic E-state index is 12.0. The van der Waals surface area contributed by atoms with Crippen molar-refractivity contribution in [3.8, 4) is 11.5 Å². The Morgan fingerprint density at radius 1 is 1.31 bits per heavy atom. The Kier molecular flexibility index (Phi) is 2.11. The third-order valence-electron chi connectivity index (χ3n) is 2.26. The van der Waals surface area contributed by atoms with Gasteiger partial charge in [0.25, 0.3) is 0 Å². The highest BCUT2D eigenvalue weighted by molar-refractivity contribution is 7.11. The maximum atomic E-state index is 12.0. The molecule has 0 fully saturated rings. The molecule has 3 rings (SSSR count). The molecule has 2 heterocycles. The lowest BCUT2D eigenvalue weighted by Gasteiger charge is -1.99. The van der Waals surface area contributed by atoms with Crippen LogP contribution in [0.4, 0.5) is 0 Å². The highest BCUT2D eigenvalue weighted by atomic mass is 32.1. The van der Waals surface area contributed by atoms with E-state index in [-0.39, 0.29) is 12.6 Å². The van der Waals surface area contributed by atoms with Gasteiger partial charge in [0, 0.05) is 17.1 Å². The number of nitrogens with zero attached hydrogens (tertiary/aromatic N) is 1. The number of benzene rings is 1. The molecular formula is C11H7NO3S. The second-order valence-corrected chi connectivity index (χ2v) is 4.13. The highest BCUT2D eigenvalue weighted by Crippen LogP contribution is 2.33. The standard InChI is InChI=1S/C11H7NO3S/c13-10(11-12-3-4-16-11)7-1-2-8-9(5-7)15-6-14-8/h1-5H,6H2. The van der Waals surface area contributed by atoms with Gasteiger partial charge in [0.1, 0.15) is 0 Å². The van der Waals surface area contributed by atoms with Crippen molar-refractivity contribution in [3.63, 3.8) is 0 Å². The van der Waals surface area contributed by atoms with Crippen LogP contribution in [-0.2, 0) is 0 Å². The van der Waals surface area contributed by atoms with E-state index < -0.39 is 0 Å². The minimum absolute atomic E-state index is 0.0895. The van der Waals surface area contributed by atoms with Gasteiger partial charge in [-0.05, 0) is 18.2 Å². The number of ketones is 1. The van der Waals surface area contributed by atoms with Gasteiger partial charge in [-0.25, -0.2) is 4.98 Å². The van der Waals surface area contributed by atoms with Gasteiger partial charge in [0.2, 0.25) is 12.6 Å². The summed E-state index contributed by atoms with van der Waals surface area (Å²) in [7, 11) is 0. The Morgan fingerprint density at radius 3 is 3.00 bits per heavy atom. The Morgan fingerprint density at radius 2 is 2.19 bits per heavy atom. The number of thiazole rings is 1. The predicted octanol–water partition coefficient (Wildman–Crippen LogP) is 2.10. The van der Waals surface area contributed by atoms with Gasteiger partial charge >= 0.3 is 0 Å². The van der Waals surface area contributed by atoms with E-state index in [0.29, 0.717) is 22.1 Å². The van der Waals surface area contributed by atoms with Gasteiger partial charge in [0.05, 0.1) is 0 Å². The molecule has 1 aromatic carbocycles. The van der Waals surface area contributed by atoms with Crippen LogP contribution in [0.5, 0.6) is 11.5 Å². The molecule has 1 aliphatic rings. The molecule has 0 aliphatic carbocycles. The van der Waals surface area contributed by atoms with Crippen LogP contribution >= 0.6 is 11.3 Å². The quantitative estimate of drug-likeness (QED) is 0.745. The molecule has 0 spiro atoms. The van der Waals surface area contributed by atoms with E-state index in [1.807, 2.05) is 0 Å². The highest BCUT2D eigenvalue weighted by Gasteiger charge is 2.18. The first-order valence-electron chi connectivity index (χ1n) is 4.68. The van der Waals surface area contributed by atoms with Crippen LogP contribution < -0.4 is 9.47 Å². The molecule has 80 valence electrons. The molecule has 0 saturated carbocycles. The first kappa shape index (κ1) is 9.35. The predicted molar refractivity (Wildman–Crippen MR) is 58.1 cm³/mol. The van der Waals surface area contributed by atoms with Crippen molar-refractivity contribution >= 4 is 17.1 Å². The molecule has 0 N–H and O–H groups in total. The van der Waals surface area contributed by atoms with Crippen molar-refractivity contribution in [2.75, 3.05) is 6.79 Å². The van der Waals surface area contributed by atoms with E-state index in [0.717, 1.165) is 0 Å². The molecule has 1 aromatic heterocycles. The zero-order valence-electron chi connectivity index (χ0n) is 8.17. The van der Waals surface area contributed by atoms with E-state index >= 15 is 0 Å². The number of fused-ring (bicyclic) bond motifs is 1. The van der Waals surface area contributed by atoms with Crippen LogP contribution in [0.25, 0.3) is 0 Å². The van der Waals surface area contributed by atoms with Gasteiger partial charge in [-0.3, -0.25) is 4.79 Å². The van der Waals surface area contributed by atoms with Crippen molar-refractivity contribution in [2.24, 2.45) is 0 Å². The number of rotatable bonds is 2. The van der Waals surface area contributed by atoms with Gasteiger partial charge in [-0.2, -0.15) is 0 Å². The molecule has 0 amide bonds. The van der Waals surface area contributed by atoms with Crippen LogP contribution in [0.3, 0.4) is 0 Å². The average molecular weight is 233 g/mol. The second kappa shape index (κ2) is 3.61. The van der Waals surface area contributed by atoms with Gasteiger partial charge in [-0.1, -0.05) is 0 Å². The molecule has 0 atom stereocenters. The van der Waals surface area contributed by atoms with Crippen LogP contribution in [0, 0.1) is 0 Å². The number of ether oxygens (including phenoxy) is 2. The Labute approximate surface area is 95.5 Å². The van der Waals surface area contributed by atoms with Crippen LogP contribution in [-0.4, -0.2) is 17.6 Å². The van der Waals surface area contributed by atoms with Gasteiger partial charge < -0.3 is 9.47 Å². The minimum Gasteiger partial charge on any atom is -0.454 e. The number of hydrogen-bond donors (Lipinski definition) is 0. The van der Waals surface area contributed by atoms with Crippen molar-refractivity contribution in [2.45, 2.75) is 0 Å². The van der Waals surface area contributed by atoms with Crippen molar-refractivity contribution in [1.82, 2.24) is 4.98 Å². The van der Waals surface area contributed by atoms with E-state index in [4.69, 9.17) is 9.47 Å². The summed E-state index contributed by atoms with van der Waals surface area (Å²) >= 11 is 1.33. The molecule has 4 nitrogen and oxygen atoms in total. The Bertz CT molecular complexity index is 536. The zero-order chi connectivity index (χ0) is 11.0. The van der Waals surface area contributed by atoms with E-state index in [1.165, 1.54) is 11.3 Å². The summed E-state index contributed by atoms with van der Waals surface area (Å²) in [6.07, 6.45) is 1.62. The summed E-state index contributed by atoms with van der Waals surface area (Å²) in [5.41, 5.74) is 0.569. The minimum atomic E-state index is -0.0895. The number of carbonyl (C=O) groups excluding carboxylic acids is 1.